The van der Waals surface area contributed by atoms with E-state index in [0.717, 1.165) is 5.56 Å². The molecule has 1 aromatic heterocycles. The fourth-order valence-electron chi connectivity index (χ4n) is 1.79. The Balaban J connectivity index is 2.08. The number of rotatable bonds is 7. The number of benzene rings is 1. The van der Waals surface area contributed by atoms with E-state index >= 15 is 0 Å². The summed E-state index contributed by atoms with van der Waals surface area (Å²) in [6.07, 6.45) is 4.64. The fraction of sp³-hybridized carbons (Fsp3) is 0.235. The fourth-order valence-corrected chi connectivity index (χ4v) is 1.79. The largest absolute Gasteiger partial charge is 0.476 e. The topological polar surface area (TPSA) is 73.3 Å². The molecule has 2 rings (SSSR count). The van der Waals surface area contributed by atoms with Gasteiger partial charge in [-0.3, -0.25) is 4.79 Å². The molecule has 0 unspecified atom stereocenters. The van der Waals surface area contributed by atoms with Crippen LogP contribution in [0.5, 0.6) is 11.9 Å². The molecule has 1 aromatic carbocycles. The van der Waals surface area contributed by atoms with Crippen LogP contribution in [0.4, 0.5) is 5.69 Å². The maximum Gasteiger partial charge on any atom is 0.319 e. The highest BCUT2D eigenvalue weighted by Gasteiger charge is 2.10. The van der Waals surface area contributed by atoms with Gasteiger partial charge in [0.25, 0.3) is 0 Å². The van der Waals surface area contributed by atoms with Gasteiger partial charge < -0.3 is 14.8 Å². The van der Waals surface area contributed by atoms with Gasteiger partial charge in [-0.05, 0) is 25.5 Å². The molecule has 0 aliphatic heterocycles. The Bertz CT molecular complexity index is 672. The van der Waals surface area contributed by atoms with Crippen molar-refractivity contribution in [3.63, 3.8) is 0 Å². The van der Waals surface area contributed by atoms with Crippen LogP contribution >= 0.6 is 0 Å². The maximum absolute atomic E-state index is 12.0. The van der Waals surface area contributed by atoms with Crippen molar-refractivity contribution in [2.75, 3.05) is 18.5 Å². The zero-order chi connectivity index (χ0) is 16.5. The molecule has 2 aromatic rings. The molecule has 23 heavy (non-hydrogen) atoms. The van der Waals surface area contributed by atoms with E-state index in [1.54, 1.807) is 6.08 Å². The summed E-state index contributed by atoms with van der Waals surface area (Å²) in [6.45, 7) is 4.56. The Hall–Kier alpha value is -2.89. The van der Waals surface area contributed by atoms with Crippen molar-refractivity contribution in [1.82, 2.24) is 9.97 Å². The summed E-state index contributed by atoms with van der Waals surface area (Å²) >= 11 is 0. The third-order valence-corrected chi connectivity index (χ3v) is 2.77. The van der Waals surface area contributed by atoms with E-state index in [4.69, 9.17) is 9.47 Å². The first-order valence-corrected chi connectivity index (χ1v) is 7.39. The number of carbonyl (C=O) groups excluding carboxylic acids is 1. The summed E-state index contributed by atoms with van der Waals surface area (Å²) in [5.74, 6) is -0.00465. The lowest BCUT2D eigenvalue weighted by molar-refractivity contribution is -0.111. The van der Waals surface area contributed by atoms with Crippen LogP contribution in [0, 0.1) is 0 Å². The Kier molecular flexibility index (Phi) is 6.11. The molecule has 0 bridgehead atoms. The Morgan fingerprint density at radius 3 is 2.61 bits per heavy atom. The van der Waals surface area contributed by atoms with Crippen LogP contribution in [0.25, 0.3) is 6.08 Å². The molecule has 0 fully saturated rings. The second-order valence-corrected chi connectivity index (χ2v) is 4.47. The molecule has 6 nitrogen and oxygen atoms in total. The number of hydrogen-bond donors (Lipinski definition) is 1. The third-order valence-electron chi connectivity index (χ3n) is 2.77. The number of carbonyl (C=O) groups is 1. The lowest BCUT2D eigenvalue weighted by atomic mass is 10.2. The first-order valence-electron chi connectivity index (χ1n) is 7.39. The van der Waals surface area contributed by atoms with Gasteiger partial charge in [-0.25, -0.2) is 4.98 Å². The second kappa shape index (κ2) is 8.53. The van der Waals surface area contributed by atoms with Gasteiger partial charge in [0.05, 0.1) is 19.4 Å². The molecule has 0 aliphatic carbocycles. The van der Waals surface area contributed by atoms with Crippen LogP contribution in [0.1, 0.15) is 19.4 Å². The summed E-state index contributed by atoms with van der Waals surface area (Å²) in [4.78, 5) is 20.2. The van der Waals surface area contributed by atoms with E-state index in [-0.39, 0.29) is 17.8 Å². The van der Waals surface area contributed by atoms with Gasteiger partial charge in [0, 0.05) is 6.08 Å². The van der Waals surface area contributed by atoms with Crippen LogP contribution in [0.3, 0.4) is 0 Å². The van der Waals surface area contributed by atoms with Crippen molar-refractivity contribution in [3.8, 4) is 11.9 Å². The van der Waals surface area contributed by atoms with Gasteiger partial charge in [0.15, 0.2) is 0 Å². The van der Waals surface area contributed by atoms with Gasteiger partial charge in [-0.1, -0.05) is 30.3 Å². The quantitative estimate of drug-likeness (QED) is 0.796. The number of aromatic nitrogens is 2. The predicted octanol–water partition coefficient (Wildman–Crippen LogP) is 2.93. The zero-order valence-electron chi connectivity index (χ0n) is 13.2. The minimum Gasteiger partial charge on any atom is -0.476 e. The van der Waals surface area contributed by atoms with Crippen LogP contribution in [0.2, 0.25) is 0 Å². The molecular formula is C17H19N3O3. The number of hydrogen-bond acceptors (Lipinski definition) is 5. The molecule has 6 heteroatoms. The van der Waals surface area contributed by atoms with E-state index in [1.807, 2.05) is 44.2 Å². The summed E-state index contributed by atoms with van der Waals surface area (Å²) in [6, 6.07) is 9.78. The molecule has 0 saturated heterocycles. The maximum atomic E-state index is 12.0. The first kappa shape index (κ1) is 16.5. The predicted molar refractivity (Wildman–Crippen MR) is 88.5 cm³/mol. The number of nitrogens with zero attached hydrogens (tertiary/aromatic N) is 2. The Morgan fingerprint density at radius 2 is 1.91 bits per heavy atom. The van der Waals surface area contributed by atoms with Gasteiger partial charge in [0.1, 0.15) is 5.69 Å². The van der Waals surface area contributed by atoms with E-state index in [2.05, 4.69) is 15.3 Å². The lowest BCUT2D eigenvalue weighted by Crippen LogP contribution is -2.11. The number of ether oxygens (including phenoxy) is 2. The molecule has 1 heterocycles. The Morgan fingerprint density at radius 1 is 1.17 bits per heavy atom. The molecule has 0 radical (unpaired) electrons. The van der Waals surface area contributed by atoms with Gasteiger partial charge in [-0.2, -0.15) is 4.98 Å². The van der Waals surface area contributed by atoms with E-state index in [1.165, 1.54) is 12.3 Å². The molecule has 0 atom stereocenters. The van der Waals surface area contributed by atoms with Crippen molar-refractivity contribution in [2.45, 2.75) is 13.8 Å². The van der Waals surface area contributed by atoms with E-state index in [0.29, 0.717) is 18.9 Å². The van der Waals surface area contributed by atoms with Crippen LogP contribution < -0.4 is 14.8 Å². The molecule has 120 valence electrons. The standard InChI is InChI=1S/C17H19N3O3/c1-3-22-16-14(12-18-17(20-16)23-4-2)19-15(21)11-10-13-8-6-5-7-9-13/h5-12H,3-4H2,1-2H3,(H,19,21)/b11-10+. The van der Waals surface area contributed by atoms with E-state index in [9.17, 15) is 4.79 Å². The normalized spacial score (nSPS) is 10.5. The smallest absolute Gasteiger partial charge is 0.319 e. The van der Waals surface area contributed by atoms with Gasteiger partial charge in [0.2, 0.25) is 11.8 Å². The highest BCUT2D eigenvalue weighted by molar-refractivity contribution is 6.02. The van der Waals surface area contributed by atoms with Gasteiger partial charge >= 0.3 is 6.01 Å². The molecule has 0 aliphatic rings. The highest BCUT2D eigenvalue weighted by Crippen LogP contribution is 2.23. The molecule has 0 saturated carbocycles. The summed E-state index contributed by atoms with van der Waals surface area (Å²) in [5.41, 5.74) is 1.34. The van der Waals surface area contributed by atoms with Crippen LogP contribution in [0.15, 0.2) is 42.6 Å². The SMILES string of the molecule is CCOc1ncc(NC(=O)/C=C/c2ccccc2)c(OCC)n1. The van der Waals surface area contributed by atoms with Crippen molar-refractivity contribution in [3.05, 3.63) is 48.2 Å². The molecule has 1 N–H and O–H groups in total. The van der Waals surface area contributed by atoms with Crippen molar-refractivity contribution >= 4 is 17.7 Å². The van der Waals surface area contributed by atoms with E-state index < -0.39 is 0 Å². The minimum atomic E-state index is -0.289. The van der Waals surface area contributed by atoms with Crippen molar-refractivity contribution < 1.29 is 14.3 Å². The molecular weight excluding hydrogens is 294 g/mol. The third kappa shape index (κ3) is 5.10. The first-order chi connectivity index (χ1) is 11.2. The summed E-state index contributed by atoms with van der Waals surface area (Å²) < 4.78 is 10.6. The summed E-state index contributed by atoms with van der Waals surface area (Å²) in [5, 5.41) is 2.70. The van der Waals surface area contributed by atoms with Crippen LogP contribution in [-0.2, 0) is 4.79 Å². The monoisotopic (exact) mass is 313 g/mol. The number of amides is 1. The number of anilines is 1. The lowest BCUT2D eigenvalue weighted by Gasteiger charge is -2.10. The number of nitrogens with one attached hydrogen (secondary N) is 1. The average Bonchev–Trinajstić information content (AvgIpc) is 2.57. The molecule has 0 spiro atoms. The second-order valence-electron chi connectivity index (χ2n) is 4.47. The summed E-state index contributed by atoms with van der Waals surface area (Å²) in [7, 11) is 0. The minimum absolute atomic E-state index is 0.216. The Labute approximate surface area is 135 Å². The zero-order valence-corrected chi connectivity index (χ0v) is 13.2. The van der Waals surface area contributed by atoms with Crippen molar-refractivity contribution in [2.24, 2.45) is 0 Å². The van der Waals surface area contributed by atoms with Gasteiger partial charge in [-0.15, -0.1) is 0 Å². The molecule has 1 amide bonds. The van der Waals surface area contributed by atoms with Crippen molar-refractivity contribution in [1.29, 1.82) is 0 Å². The van der Waals surface area contributed by atoms with Crippen LogP contribution in [-0.4, -0.2) is 29.1 Å². The average molecular weight is 313 g/mol. The highest BCUT2D eigenvalue weighted by atomic mass is 16.5.